The summed E-state index contributed by atoms with van der Waals surface area (Å²) in [5.41, 5.74) is 1.07. The number of amides is 2. The lowest BCUT2D eigenvalue weighted by atomic mass is 10.0. The molecule has 6 heteroatoms. The van der Waals surface area contributed by atoms with Crippen LogP contribution in [0.25, 0.3) is 0 Å². The van der Waals surface area contributed by atoms with Gasteiger partial charge in [-0.15, -0.1) is 0 Å². The number of imide groups is 1. The molecule has 2 fully saturated rings. The molecule has 3 aliphatic rings. The highest BCUT2D eigenvalue weighted by Gasteiger charge is 2.39. The molecule has 1 aromatic rings. The number of fused-ring (bicyclic) bond motifs is 1. The lowest BCUT2D eigenvalue weighted by Gasteiger charge is -2.37. The zero-order valence-corrected chi connectivity index (χ0v) is 14.4. The Morgan fingerprint density at radius 1 is 0.880 bits per heavy atom. The molecule has 25 heavy (non-hydrogen) atoms. The molecule has 1 aromatic carbocycles. The molecule has 2 saturated heterocycles. The number of carbonyl (C=O) groups is 2. The fraction of sp³-hybridized carbons (Fsp3) is 0.579. The zero-order chi connectivity index (χ0) is 17.3. The summed E-state index contributed by atoms with van der Waals surface area (Å²) < 4.78 is 11.5. The van der Waals surface area contributed by atoms with E-state index in [2.05, 4.69) is 4.90 Å². The zero-order valence-electron chi connectivity index (χ0n) is 14.4. The summed E-state index contributed by atoms with van der Waals surface area (Å²) in [6.07, 6.45) is 3.65. The SMILES string of the molecule is O=C1c2ccccc2C(=O)N1CCCCN1CCC2(CC1)OCCO2. The van der Waals surface area contributed by atoms with Crippen LogP contribution in [0.4, 0.5) is 0 Å². The molecular formula is C19H24N2O4. The van der Waals surface area contributed by atoms with Crippen molar-refractivity contribution in [3.63, 3.8) is 0 Å². The van der Waals surface area contributed by atoms with Gasteiger partial charge in [0.1, 0.15) is 0 Å². The summed E-state index contributed by atoms with van der Waals surface area (Å²) in [6, 6.07) is 7.06. The van der Waals surface area contributed by atoms with E-state index in [9.17, 15) is 9.59 Å². The largest absolute Gasteiger partial charge is 0.347 e. The van der Waals surface area contributed by atoms with E-state index in [1.165, 1.54) is 4.90 Å². The molecule has 2 amide bonds. The van der Waals surface area contributed by atoms with Crippen LogP contribution in [0.2, 0.25) is 0 Å². The van der Waals surface area contributed by atoms with Crippen LogP contribution in [-0.2, 0) is 9.47 Å². The molecule has 0 N–H and O–H groups in total. The van der Waals surface area contributed by atoms with Gasteiger partial charge >= 0.3 is 0 Å². The van der Waals surface area contributed by atoms with Crippen LogP contribution in [0.5, 0.6) is 0 Å². The fourth-order valence-corrected chi connectivity index (χ4v) is 3.95. The van der Waals surface area contributed by atoms with Gasteiger partial charge in [0.15, 0.2) is 5.79 Å². The first-order valence-electron chi connectivity index (χ1n) is 9.14. The Bertz CT molecular complexity index is 624. The number of carbonyl (C=O) groups excluding carboxylic acids is 2. The van der Waals surface area contributed by atoms with E-state index in [4.69, 9.17) is 9.47 Å². The van der Waals surface area contributed by atoms with Gasteiger partial charge in [-0.3, -0.25) is 14.5 Å². The Hall–Kier alpha value is -1.76. The molecule has 4 rings (SSSR count). The molecule has 0 saturated carbocycles. The fourth-order valence-electron chi connectivity index (χ4n) is 3.95. The Balaban J connectivity index is 1.21. The third-order valence-electron chi connectivity index (χ3n) is 5.42. The Morgan fingerprint density at radius 2 is 1.44 bits per heavy atom. The maximum atomic E-state index is 12.3. The van der Waals surface area contributed by atoms with Crippen molar-refractivity contribution < 1.29 is 19.1 Å². The van der Waals surface area contributed by atoms with Crippen LogP contribution < -0.4 is 0 Å². The molecule has 0 unspecified atom stereocenters. The minimum absolute atomic E-state index is 0.156. The first-order valence-corrected chi connectivity index (χ1v) is 9.14. The molecule has 0 radical (unpaired) electrons. The van der Waals surface area contributed by atoms with E-state index >= 15 is 0 Å². The number of hydrogen-bond donors (Lipinski definition) is 0. The van der Waals surface area contributed by atoms with Crippen molar-refractivity contribution in [2.75, 3.05) is 39.4 Å². The number of hydrogen-bond acceptors (Lipinski definition) is 5. The summed E-state index contributed by atoms with van der Waals surface area (Å²) in [5.74, 6) is -0.636. The normalized spacial score (nSPS) is 22.8. The summed E-state index contributed by atoms with van der Waals surface area (Å²) in [4.78, 5) is 28.4. The standard InChI is InChI=1S/C19H24N2O4/c22-17-15-5-1-2-6-16(15)18(23)21(17)10-4-3-9-20-11-7-19(8-12-20)24-13-14-25-19/h1-2,5-6H,3-4,7-14H2. The Labute approximate surface area is 147 Å². The van der Waals surface area contributed by atoms with E-state index in [0.717, 1.165) is 45.3 Å². The van der Waals surface area contributed by atoms with E-state index in [1.54, 1.807) is 24.3 Å². The Morgan fingerprint density at radius 3 is 2.04 bits per heavy atom. The molecule has 0 bridgehead atoms. The number of piperidine rings is 1. The lowest BCUT2D eigenvalue weighted by molar-refractivity contribution is -0.185. The van der Waals surface area contributed by atoms with Crippen molar-refractivity contribution in [1.82, 2.24) is 9.80 Å². The van der Waals surface area contributed by atoms with Crippen LogP contribution in [-0.4, -0.2) is 66.8 Å². The quantitative estimate of drug-likeness (QED) is 0.603. The minimum Gasteiger partial charge on any atom is -0.347 e. The van der Waals surface area contributed by atoms with Gasteiger partial charge in [0.2, 0.25) is 0 Å². The smallest absolute Gasteiger partial charge is 0.261 e. The van der Waals surface area contributed by atoms with Crippen LogP contribution in [0.3, 0.4) is 0 Å². The average molecular weight is 344 g/mol. The first-order chi connectivity index (χ1) is 12.2. The van der Waals surface area contributed by atoms with Crippen LogP contribution in [0.1, 0.15) is 46.4 Å². The number of benzene rings is 1. The predicted octanol–water partition coefficient (Wildman–Crippen LogP) is 1.90. The van der Waals surface area contributed by atoms with Gasteiger partial charge in [-0.2, -0.15) is 0 Å². The van der Waals surface area contributed by atoms with Gasteiger partial charge in [0.05, 0.1) is 24.3 Å². The monoisotopic (exact) mass is 344 g/mol. The second-order valence-corrected chi connectivity index (χ2v) is 6.96. The van der Waals surface area contributed by atoms with Crippen LogP contribution >= 0.6 is 0 Å². The molecule has 6 nitrogen and oxygen atoms in total. The highest BCUT2D eigenvalue weighted by molar-refractivity contribution is 6.21. The van der Waals surface area contributed by atoms with Gasteiger partial charge in [-0.1, -0.05) is 12.1 Å². The number of likely N-dealkylation sites (tertiary alicyclic amines) is 1. The predicted molar refractivity (Wildman–Crippen MR) is 91.4 cm³/mol. The van der Waals surface area contributed by atoms with Crippen molar-refractivity contribution in [2.45, 2.75) is 31.5 Å². The molecule has 3 heterocycles. The second-order valence-electron chi connectivity index (χ2n) is 6.96. The Kier molecular flexibility index (Phi) is 4.58. The summed E-state index contributed by atoms with van der Waals surface area (Å²) in [7, 11) is 0. The third kappa shape index (κ3) is 3.21. The highest BCUT2D eigenvalue weighted by Crippen LogP contribution is 2.31. The highest BCUT2D eigenvalue weighted by atomic mass is 16.7. The van der Waals surface area contributed by atoms with E-state index in [-0.39, 0.29) is 17.6 Å². The van der Waals surface area contributed by atoms with Gasteiger partial charge in [0, 0.05) is 32.5 Å². The first kappa shape index (κ1) is 16.7. The molecule has 134 valence electrons. The molecule has 3 aliphatic heterocycles. The van der Waals surface area contributed by atoms with Crippen molar-refractivity contribution in [3.8, 4) is 0 Å². The minimum atomic E-state index is -0.323. The van der Waals surface area contributed by atoms with Crippen molar-refractivity contribution in [1.29, 1.82) is 0 Å². The molecule has 0 atom stereocenters. The van der Waals surface area contributed by atoms with Gasteiger partial charge in [-0.25, -0.2) is 0 Å². The lowest BCUT2D eigenvalue weighted by Crippen LogP contribution is -2.45. The van der Waals surface area contributed by atoms with Gasteiger partial charge < -0.3 is 14.4 Å². The topological polar surface area (TPSA) is 59.1 Å². The number of rotatable bonds is 5. The van der Waals surface area contributed by atoms with Crippen LogP contribution in [0.15, 0.2) is 24.3 Å². The van der Waals surface area contributed by atoms with Gasteiger partial charge in [0.25, 0.3) is 11.8 Å². The van der Waals surface area contributed by atoms with Crippen molar-refractivity contribution in [2.24, 2.45) is 0 Å². The summed E-state index contributed by atoms with van der Waals surface area (Å²) in [6.45, 7) is 4.86. The van der Waals surface area contributed by atoms with E-state index < -0.39 is 0 Å². The van der Waals surface area contributed by atoms with E-state index in [1.807, 2.05) is 0 Å². The second kappa shape index (κ2) is 6.86. The van der Waals surface area contributed by atoms with Gasteiger partial charge in [-0.05, 0) is 31.5 Å². The summed E-state index contributed by atoms with van der Waals surface area (Å²) >= 11 is 0. The third-order valence-corrected chi connectivity index (χ3v) is 5.42. The maximum absolute atomic E-state index is 12.3. The average Bonchev–Trinajstić information content (AvgIpc) is 3.19. The number of unbranched alkanes of at least 4 members (excludes halogenated alkanes) is 1. The molecule has 0 aromatic heterocycles. The number of nitrogens with zero attached hydrogens (tertiary/aromatic N) is 2. The van der Waals surface area contributed by atoms with Crippen molar-refractivity contribution >= 4 is 11.8 Å². The van der Waals surface area contributed by atoms with Crippen LogP contribution in [0, 0.1) is 0 Å². The molecule has 1 spiro atoms. The summed E-state index contributed by atoms with van der Waals surface area (Å²) in [5, 5.41) is 0. The van der Waals surface area contributed by atoms with Crippen molar-refractivity contribution in [3.05, 3.63) is 35.4 Å². The van der Waals surface area contributed by atoms with E-state index in [0.29, 0.717) is 30.9 Å². The molecule has 0 aliphatic carbocycles. The maximum Gasteiger partial charge on any atom is 0.261 e. The molecular weight excluding hydrogens is 320 g/mol. The number of ether oxygens (including phenoxy) is 2.